The maximum absolute atomic E-state index is 12.1. The van der Waals surface area contributed by atoms with Gasteiger partial charge in [0.1, 0.15) is 19.3 Å². The Morgan fingerprint density at radius 3 is 2.06 bits per heavy atom. The summed E-state index contributed by atoms with van der Waals surface area (Å²) >= 11 is 0. The van der Waals surface area contributed by atoms with E-state index in [1.165, 1.54) is 38.5 Å². The van der Waals surface area contributed by atoms with Crippen LogP contribution < -0.4 is 0 Å². The third-order valence-electron chi connectivity index (χ3n) is 4.64. The molecule has 0 saturated heterocycles. The molecule has 0 aliphatic rings. The Morgan fingerprint density at radius 2 is 1.48 bits per heavy atom. The van der Waals surface area contributed by atoms with Crippen LogP contribution in [-0.4, -0.2) is 75.6 Å². The number of nitrogens with zero attached hydrogens (tertiary/aromatic N) is 1. The average Bonchev–Trinajstić information content (AvgIpc) is 2.66. The van der Waals surface area contributed by atoms with Crippen LogP contribution in [0.4, 0.5) is 0 Å². The van der Waals surface area contributed by atoms with Crippen molar-refractivity contribution in [3.05, 3.63) is 0 Å². The molecule has 0 saturated carbocycles. The van der Waals surface area contributed by atoms with Gasteiger partial charge < -0.3 is 18.9 Å². The van der Waals surface area contributed by atoms with Gasteiger partial charge in [0.25, 0.3) is 0 Å². The average molecular weight is 469 g/mol. The first-order chi connectivity index (χ1) is 14.6. The highest BCUT2D eigenvalue weighted by molar-refractivity contribution is 7.47. The number of phosphoric acid groups is 1. The highest BCUT2D eigenvalue weighted by Gasteiger charge is 2.26. The third kappa shape index (κ3) is 21.1. The predicted octanol–water partition coefficient (Wildman–Crippen LogP) is 4.70. The van der Waals surface area contributed by atoms with E-state index in [1.54, 1.807) is 0 Å². The number of likely N-dealkylation sites (N-methyl/N-ethyl adjacent to an activating group) is 1. The summed E-state index contributed by atoms with van der Waals surface area (Å²) in [6.45, 7) is 5.20. The number of esters is 1. The van der Waals surface area contributed by atoms with Gasteiger partial charge in [-0.1, -0.05) is 58.8 Å². The normalized spacial score (nSPS) is 14.9. The van der Waals surface area contributed by atoms with E-state index in [1.807, 2.05) is 28.1 Å². The maximum Gasteiger partial charge on any atom is 0.472 e. The molecule has 0 rings (SSSR count). The molecule has 186 valence electrons. The zero-order chi connectivity index (χ0) is 23.6. The Bertz CT molecular complexity index is 497. The first kappa shape index (κ1) is 30.5. The van der Waals surface area contributed by atoms with Crippen LogP contribution in [0, 0.1) is 0 Å². The van der Waals surface area contributed by atoms with E-state index in [9.17, 15) is 14.3 Å². The lowest BCUT2D eigenvalue weighted by Crippen LogP contribution is -2.37. The maximum atomic E-state index is 12.1. The lowest BCUT2D eigenvalue weighted by Gasteiger charge is -2.24. The van der Waals surface area contributed by atoms with Gasteiger partial charge in [0, 0.05) is 13.0 Å². The van der Waals surface area contributed by atoms with E-state index in [2.05, 4.69) is 6.92 Å². The molecule has 0 aliphatic carbocycles. The van der Waals surface area contributed by atoms with E-state index in [0.717, 1.165) is 12.8 Å². The molecule has 8 nitrogen and oxygen atoms in total. The number of carbonyl (C=O) groups excluding carboxylic acids is 1. The molecule has 0 fully saturated rings. The molecule has 31 heavy (non-hydrogen) atoms. The van der Waals surface area contributed by atoms with E-state index >= 15 is 0 Å². The van der Waals surface area contributed by atoms with Crippen molar-refractivity contribution < 1.29 is 37.3 Å². The van der Waals surface area contributed by atoms with Crippen LogP contribution in [0.1, 0.15) is 78.1 Å². The Hall–Kier alpha value is -0.500. The molecule has 0 radical (unpaired) electrons. The largest absolute Gasteiger partial charge is 0.472 e. The van der Waals surface area contributed by atoms with Crippen molar-refractivity contribution in [2.75, 3.05) is 54.1 Å². The molecule has 2 atom stereocenters. The van der Waals surface area contributed by atoms with E-state index < -0.39 is 13.9 Å². The summed E-state index contributed by atoms with van der Waals surface area (Å²) in [5.74, 6) is -0.370. The Morgan fingerprint density at radius 1 is 0.871 bits per heavy atom. The molecule has 0 spiro atoms. The third-order valence-corrected chi connectivity index (χ3v) is 5.62. The number of carbonyl (C=O) groups is 1. The van der Waals surface area contributed by atoms with Gasteiger partial charge in [0.15, 0.2) is 0 Å². The fourth-order valence-corrected chi connectivity index (χ4v) is 3.50. The van der Waals surface area contributed by atoms with E-state index in [-0.39, 0.29) is 32.2 Å². The number of unbranched alkanes of at least 4 members (excludes halogenated alkanes) is 7. The Kier molecular flexibility index (Phi) is 17.7. The minimum absolute atomic E-state index is 0.0898. The Balaban J connectivity index is 4.22. The van der Waals surface area contributed by atoms with Gasteiger partial charge in [0.2, 0.25) is 0 Å². The number of ether oxygens (including phenoxy) is 2. The van der Waals surface area contributed by atoms with Gasteiger partial charge in [-0.15, -0.1) is 0 Å². The van der Waals surface area contributed by atoms with Crippen LogP contribution in [0.2, 0.25) is 0 Å². The minimum Gasteiger partial charge on any atom is -0.457 e. The Labute approximate surface area is 189 Å². The molecular formula is C22H47NO7P+. The first-order valence-electron chi connectivity index (χ1n) is 11.8. The second kappa shape index (κ2) is 18.0. The minimum atomic E-state index is -4.21. The molecule has 0 bridgehead atoms. The monoisotopic (exact) mass is 468 g/mol. The topological polar surface area (TPSA) is 91.3 Å². The summed E-state index contributed by atoms with van der Waals surface area (Å²) in [7, 11) is 1.66. The molecular weight excluding hydrogens is 421 g/mol. The first-order valence-corrected chi connectivity index (χ1v) is 13.3. The van der Waals surface area contributed by atoms with Crippen LogP contribution >= 0.6 is 7.82 Å². The van der Waals surface area contributed by atoms with Crippen molar-refractivity contribution in [3.8, 4) is 0 Å². The van der Waals surface area contributed by atoms with E-state index in [0.29, 0.717) is 24.1 Å². The van der Waals surface area contributed by atoms with Crippen molar-refractivity contribution in [3.63, 3.8) is 0 Å². The van der Waals surface area contributed by atoms with Gasteiger partial charge in [-0.25, -0.2) is 4.57 Å². The van der Waals surface area contributed by atoms with Crippen molar-refractivity contribution in [1.82, 2.24) is 0 Å². The summed E-state index contributed by atoms with van der Waals surface area (Å²) < 4.78 is 33.7. The van der Waals surface area contributed by atoms with Crippen LogP contribution in [0.25, 0.3) is 0 Å². The summed E-state index contributed by atoms with van der Waals surface area (Å²) in [5.41, 5.74) is 0. The van der Waals surface area contributed by atoms with Crippen molar-refractivity contribution in [1.29, 1.82) is 0 Å². The standard InChI is InChI=1S/C22H46NO7P/c1-6-8-9-10-11-12-13-14-17-27-19-21(30-22(24)15-7-2)20-29-31(25,26)28-18-16-23(3,4)5/h21H,6-20H2,1-5H3/p+1. The van der Waals surface area contributed by atoms with Gasteiger partial charge in [-0.3, -0.25) is 13.8 Å². The predicted molar refractivity (Wildman–Crippen MR) is 123 cm³/mol. The fourth-order valence-electron chi connectivity index (χ4n) is 2.76. The SMILES string of the molecule is CCCCCCCCCCOCC(COP(=O)(O)OCC[N+](C)(C)C)OC(=O)CCC. The molecule has 9 heteroatoms. The summed E-state index contributed by atoms with van der Waals surface area (Å²) in [6.07, 6.45) is 9.88. The highest BCUT2D eigenvalue weighted by Crippen LogP contribution is 2.43. The lowest BCUT2D eigenvalue weighted by atomic mass is 10.1. The van der Waals surface area contributed by atoms with Crippen molar-refractivity contribution in [2.24, 2.45) is 0 Å². The number of rotatable bonds is 21. The second-order valence-corrected chi connectivity index (χ2v) is 10.5. The van der Waals surface area contributed by atoms with Crippen molar-refractivity contribution >= 4 is 13.8 Å². The quantitative estimate of drug-likeness (QED) is 0.113. The fraction of sp³-hybridized carbons (Fsp3) is 0.955. The summed E-state index contributed by atoms with van der Waals surface area (Å²) in [5, 5.41) is 0. The molecule has 0 aliphatic heterocycles. The second-order valence-electron chi connectivity index (χ2n) is 9.02. The molecule has 0 aromatic heterocycles. The smallest absolute Gasteiger partial charge is 0.457 e. The number of hydrogen-bond donors (Lipinski definition) is 1. The molecule has 0 amide bonds. The highest BCUT2D eigenvalue weighted by atomic mass is 31.2. The molecule has 2 unspecified atom stereocenters. The number of phosphoric ester groups is 1. The van der Waals surface area contributed by atoms with Gasteiger partial charge >= 0.3 is 13.8 Å². The van der Waals surface area contributed by atoms with Crippen LogP contribution in [0.5, 0.6) is 0 Å². The molecule has 1 N–H and O–H groups in total. The number of hydrogen-bond acceptors (Lipinski definition) is 6. The lowest BCUT2D eigenvalue weighted by molar-refractivity contribution is -0.870. The van der Waals surface area contributed by atoms with Crippen molar-refractivity contribution in [2.45, 2.75) is 84.2 Å². The molecule has 0 heterocycles. The van der Waals surface area contributed by atoms with Crippen LogP contribution in [0.15, 0.2) is 0 Å². The van der Waals surface area contributed by atoms with Gasteiger partial charge in [-0.05, 0) is 12.8 Å². The number of quaternary nitrogens is 1. The summed E-state index contributed by atoms with van der Waals surface area (Å²) in [4.78, 5) is 21.7. The van der Waals surface area contributed by atoms with E-state index in [4.69, 9.17) is 18.5 Å². The molecule has 0 aromatic rings. The zero-order valence-electron chi connectivity index (χ0n) is 20.5. The summed E-state index contributed by atoms with van der Waals surface area (Å²) in [6, 6.07) is 0. The molecule has 0 aromatic carbocycles. The zero-order valence-corrected chi connectivity index (χ0v) is 21.4. The van der Waals surface area contributed by atoms with Crippen LogP contribution in [0.3, 0.4) is 0 Å². The van der Waals surface area contributed by atoms with Crippen LogP contribution in [-0.2, 0) is 27.9 Å². The van der Waals surface area contributed by atoms with Gasteiger partial charge in [-0.2, -0.15) is 0 Å². The van der Waals surface area contributed by atoms with Gasteiger partial charge in [0.05, 0.1) is 34.4 Å².